The number of carbonyl (C=O) groups is 1. The molecule has 0 radical (unpaired) electrons. The fraction of sp³-hybridized carbons (Fsp3) is 0.188. The Hall–Kier alpha value is -1.72. The highest BCUT2D eigenvalue weighted by molar-refractivity contribution is 9.10. The molecule has 0 unspecified atom stereocenters. The van der Waals surface area contributed by atoms with Gasteiger partial charge in [0.1, 0.15) is 5.82 Å². The van der Waals surface area contributed by atoms with Crippen LogP contribution in [0, 0.1) is 5.82 Å². The Labute approximate surface area is 131 Å². The number of amides is 1. The van der Waals surface area contributed by atoms with Crippen molar-refractivity contribution < 1.29 is 9.18 Å². The second-order valence-electron chi connectivity index (χ2n) is 4.74. The molecule has 0 aromatic heterocycles. The summed E-state index contributed by atoms with van der Waals surface area (Å²) in [6, 6.07) is 13.5. The third kappa shape index (κ3) is 4.65. The van der Waals surface area contributed by atoms with Crippen LogP contribution in [0.4, 0.5) is 10.1 Å². The van der Waals surface area contributed by atoms with Crippen LogP contribution < -0.4 is 11.1 Å². The van der Waals surface area contributed by atoms with E-state index in [1.54, 1.807) is 6.07 Å². The number of nitrogens with two attached hydrogens (primary N) is 1. The summed E-state index contributed by atoms with van der Waals surface area (Å²) in [6.45, 7) is 0. The topological polar surface area (TPSA) is 55.1 Å². The minimum Gasteiger partial charge on any atom is -0.322 e. The summed E-state index contributed by atoms with van der Waals surface area (Å²) in [7, 11) is 0. The maximum absolute atomic E-state index is 13.6. The molecule has 2 rings (SSSR count). The zero-order valence-electron chi connectivity index (χ0n) is 11.4. The molecule has 0 aliphatic heterocycles. The van der Waals surface area contributed by atoms with Crippen LogP contribution in [0.25, 0.3) is 0 Å². The summed E-state index contributed by atoms with van der Waals surface area (Å²) in [5.74, 6) is -0.871. The van der Waals surface area contributed by atoms with E-state index in [0.29, 0.717) is 17.3 Å². The lowest BCUT2D eigenvalue weighted by atomic mass is 10.1. The molecule has 0 aliphatic rings. The zero-order chi connectivity index (χ0) is 15.2. The van der Waals surface area contributed by atoms with Crippen molar-refractivity contribution in [2.24, 2.45) is 5.73 Å². The van der Waals surface area contributed by atoms with Crippen LogP contribution in [0.3, 0.4) is 0 Å². The summed E-state index contributed by atoms with van der Waals surface area (Å²) in [5.41, 5.74) is 7.10. The SMILES string of the molecule is N[C@@H](CCc1ccccc1)C(=O)Nc1cc(Br)ccc1F. The number of aryl methyl sites for hydroxylation is 1. The Balaban J connectivity index is 1.92. The van der Waals surface area contributed by atoms with E-state index in [9.17, 15) is 9.18 Å². The fourth-order valence-electron chi connectivity index (χ4n) is 1.92. The maximum atomic E-state index is 13.6. The maximum Gasteiger partial charge on any atom is 0.241 e. The number of nitrogens with one attached hydrogen (secondary N) is 1. The van der Waals surface area contributed by atoms with Crippen molar-refractivity contribution in [3.05, 3.63) is 64.4 Å². The van der Waals surface area contributed by atoms with E-state index < -0.39 is 11.9 Å². The van der Waals surface area contributed by atoms with E-state index in [1.807, 2.05) is 30.3 Å². The molecule has 110 valence electrons. The first-order valence-electron chi connectivity index (χ1n) is 6.61. The molecule has 5 heteroatoms. The number of anilines is 1. The molecule has 0 saturated heterocycles. The van der Waals surface area contributed by atoms with Gasteiger partial charge in [-0.15, -0.1) is 0 Å². The van der Waals surface area contributed by atoms with E-state index in [2.05, 4.69) is 21.2 Å². The van der Waals surface area contributed by atoms with Gasteiger partial charge in [0.15, 0.2) is 0 Å². The Morgan fingerprint density at radius 1 is 1.24 bits per heavy atom. The van der Waals surface area contributed by atoms with Crippen molar-refractivity contribution in [2.45, 2.75) is 18.9 Å². The van der Waals surface area contributed by atoms with Gasteiger partial charge in [-0.2, -0.15) is 0 Å². The first-order chi connectivity index (χ1) is 10.1. The predicted molar refractivity (Wildman–Crippen MR) is 85.5 cm³/mol. The smallest absolute Gasteiger partial charge is 0.241 e. The highest BCUT2D eigenvalue weighted by Gasteiger charge is 2.15. The van der Waals surface area contributed by atoms with Gasteiger partial charge in [-0.3, -0.25) is 4.79 Å². The average molecular weight is 351 g/mol. The number of benzene rings is 2. The van der Waals surface area contributed by atoms with Crippen molar-refractivity contribution in [1.82, 2.24) is 0 Å². The van der Waals surface area contributed by atoms with Gasteiger partial charge in [0.05, 0.1) is 11.7 Å². The predicted octanol–water partition coefficient (Wildman–Crippen LogP) is 3.49. The molecule has 0 fully saturated rings. The molecule has 2 aromatic carbocycles. The zero-order valence-corrected chi connectivity index (χ0v) is 12.9. The molecule has 3 N–H and O–H groups in total. The Morgan fingerprint density at radius 3 is 2.67 bits per heavy atom. The van der Waals surface area contributed by atoms with Crippen LogP contribution in [0.5, 0.6) is 0 Å². The van der Waals surface area contributed by atoms with Crippen molar-refractivity contribution in [3.8, 4) is 0 Å². The van der Waals surface area contributed by atoms with Crippen molar-refractivity contribution in [2.75, 3.05) is 5.32 Å². The van der Waals surface area contributed by atoms with E-state index in [0.717, 1.165) is 5.56 Å². The normalized spacial score (nSPS) is 12.0. The molecule has 1 atom stereocenters. The number of carbonyl (C=O) groups excluding carboxylic acids is 1. The van der Waals surface area contributed by atoms with Crippen LogP contribution in [-0.4, -0.2) is 11.9 Å². The third-order valence-corrected chi connectivity index (χ3v) is 3.60. The molecule has 0 heterocycles. The summed E-state index contributed by atoms with van der Waals surface area (Å²) in [4.78, 5) is 12.0. The third-order valence-electron chi connectivity index (χ3n) is 3.11. The summed E-state index contributed by atoms with van der Waals surface area (Å²) in [5, 5.41) is 2.52. The highest BCUT2D eigenvalue weighted by atomic mass is 79.9. The molecule has 0 bridgehead atoms. The quantitative estimate of drug-likeness (QED) is 0.867. The van der Waals surface area contributed by atoms with Crippen molar-refractivity contribution >= 4 is 27.5 Å². The molecular formula is C16H16BrFN2O. The van der Waals surface area contributed by atoms with Crippen molar-refractivity contribution in [3.63, 3.8) is 0 Å². The second-order valence-corrected chi connectivity index (χ2v) is 5.66. The van der Waals surface area contributed by atoms with Gasteiger partial charge in [0, 0.05) is 4.47 Å². The van der Waals surface area contributed by atoms with E-state index in [1.165, 1.54) is 12.1 Å². The summed E-state index contributed by atoms with van der Waals surface area (Å²) in [6.07, 6.45) is 1.21. The summed E-state index contributed by atoms with van der Waals surface area (Å²) < 4.78 is 14.3. The molecular weight excluding hydrogens is 335 g/mol. The monoisotopic (exact) mass is 350 g/mol. The Bertz CT molecular complexity index is 619. The van der Waals surface area contributed by atoms with Gasteiger partial charge in [0.2, 0.25) is 5.91 Å². The van der Waals surface area contributed by atoms with E-state index >= 15 is 0 Å². The van der Waals surface area contributed by atoms with E-state index in [-0.39, 0.29) is 11.6 Å². The van der Waals surface area contributed by atoms with E-state index in [4.69, 9.17) is 5.73 Å². The minimum absolute atomic E-state index is 0.129. The van der Waals surface area contributed by atoms with Gasteiger partial charge >= 0.3 is 0 Å². The molecule has 0 aliphatic carbocycles. The molecule has 3 nitrogen and oxygen atoms in total. The lowest BCUT2D eigenvalue weighted by molar-refractivity contribution is -0.117. The fourth-order valence-corrected chi connectivity index (χ4v) is 2.28. The van der Waals surface area contributed by atoms with Gasteiger partial charge in [-0.05, 0) is 36.6 Å². The largest absolute Gasteiger partial charge is 0.322 e. The first-order valence-corrected chi connectivity index (χ1v) is 7.41. The number of hydrogen-bond donors (Lipinski definition) is 2. The van der Waals surface area contributed by atoms with Crippen LogP contribution >= 0.6 is 15.9 Å². The molecule has 0 saturated carbocycles. The van der Waals surface area contributed by atoms with Crippen LogP contribution in [0.1, 0.15) is 12.0 Å². The minimum atomic E-state index is -0.677. The van der Waals surface area contributed by atoms with Crippen LogP contribution in [-0.2, 0) is 11.2 Å². The van der Waals surface area contributed by atoms with Crippen molar-refractivity contribution in [1.29, 1.82) is 0 Å². The van der Waals surface area contributed by atoms with Gasteiger partial charge in [0.25, 0.3) is 0 Å². The Kier molecular flexibility index (Phi) is 5.47. The first kappa shape index (κ1) is 15.7. The molecule has 2 aromatic rings. The van der Waals surface area contributed by atoms with Crippen LogP contribution in [0.2, 0.25) is 0 Å². The summed E-state index contributed by atoms with van der Waals surface area (Å²) >= 11 is 3.24. The van der Waals surface area contributed by atoms with Gasteiger partial charge in [-0.25, -0.2) is 4.39 Å². The number of halogens is 2. The molecule has 21 heavy (non-hydrogen) atoms. The van der Waals surface area contributed by atoms with Gasteiger partial charge in [-0.1, -0.05) is 46.3 Å². The lowest BCUT2D eigenvalue weighted by Crippen LogP contribution is -2.36. The standard InChI is InChI=1S/C16H16BrFN2O/c17-12-7-8-13(18)15(10-12)20-16(21)14(19)9-6-11-4-2-1-3-5-11/h1-5,7-8,10,14H,6,9,19H2,(H,20,21)/t14-/m0/s1. The number of hydrogen-bond acceptors (Lipinski definition) is 2. The number of rotatable bonds is 5. The Morgan fingerprint density at radius 2 is 1.95 bits per heavy atom. The lowest BCUT2D eigenvalue weighted by Gasteiger charge is -2.13. The average Bonchev–Trinajstić information content (AvgIpc) is 2.49. The highest BCUT2D eigenvalue weighted by Crippen LogP contribution is 2.20. The van der Waals surface area contributed by atoms with Gasteiger partial charge < -0.3 is 11.1 Å². The molecule has 1 amide bonds. The molecule has 0 spiro atoms. The van der Waals surface area contributed by atoms with Crippen LogP contribution in [0.15, 0.2) is 53.0 Å². The second kappa shape index (κ2) is 7.33.